The molecule has 2 aliphatic rings. The first-order valence-corrected chi connectivity index (χ1v) is 16.5. The van der Waals surface area contributed by atoms with Gasteiger partial charge in [-0.05, 0) is 59.7 Å². The number of ether oxygens (including phenoxy) is 2. The van der Waals surface area contributed by atoms with Crippen molar-refractivity contribution in [3.8, 4) is 16.9 Å². The molecule has 0 aliphatic carbocycles. The molecule has 0 atom stereocenters. The van der Waals surface area contributed by atoms with Crippen LogP contribution >= 0.6 is 47.2 Å². The summed E-state index contributed by atoms with van der Waals surface area (Å²) in [5.74, 6) is -0.932. The number of amides is 2. The van der Waals surface area contributed by atoms with Crippen molar-refractivity contribution in [2.24, 2.45) is 0 Å². The second-order valence-corrected chi connectivity index (χ2v) is 13.1. The van der Waals surface area contributed by atoms with Crippen molar-refractivity contribution in [1.82, 2.24) is 9.80 Å². The number of morpholine rings is 1. The molecule has 0 saturated carbocycles. The number of hydrogen-bond acceptors (Lipinski definition) is 8. The Kier molecular flexibility index (Phi) is 11.7. The van der Waals surface area contributed by atoms with E-state index in [9.17, 15) is 14.4 Å². The van der Waals surface area contributed by atoms with E-state index in [1.165, 1.54) is 16.7 Å². The smallest absolute Gasteiger partial charge is 0.307 e. The van der Waals surface area contributed by atoms with Crippen molar-refractivity contribution in [2.45, 2.75) is 12.8 Å². The molecule has 3 aromatic rings. The first-order chi connectivity index (χ1) is 22.2. The number of aliphatic carboxylic acids is 1. The van der Waals surface area contributed by atoms with Gasteiger partial charge in [-0.15, -0.1) is 0 Å². The summed E-state index contributed by atoms with van der Waals surface area (Å²) in [5, 5.41) is 12.8. The van der Waals surface area contributed by atoms with Crippen molar-refractivity contribution in [3.05, 3.63) is 86.7 Å². The Balaban J connectivity index is 1.27. The molecule has 46 heavy (non-hydrogen) atoms. The van der Waals surface area contributed by atoms with Crippen LogP contribution in [0.2, 0.25) is 10.0 Å². The van der Waals surface area contributed by atoms with Gasteiger partial charge >= 0.3 is 5.97 Å². The van der Waals surface area contributed by atoms with Crippen LogP contribution in [0, 0.1) is 0 Å². The Bertz CT molecular complexity index is 1680. The van der Waals surface area contributed by atoms with E-state index in [2.05, 4.69) is 10.2 Å². The zero-order valence-corrected chi connectivity index (χ0v) is 27.8. The normalized spacial score (nSPS) is 16.2. The van der Waals surface area contributed by atoms with E-state index < -0.39 is 5.97 Å². The Morgan fingerprint density at radius 2 is 1.85 bits per heavy atom. The summed E-state index contributed by atoms with van der Waals surface area (Å²) in [6.07, 6.45) is 1.62. The van der Waals surface area contributed by atoms with Gasteiger partial charge in [-0.25, -0.2) is 0 Å². The molecule has 0 bridgehead atoms. The van der Waals surface area contributed by atoms with Crippen molar-refractivity contribution < 1.29 is 29.0 Å². The van der Waals surface area contributed by atoms with E-state index in [1.807, 2.05) is 18.2 Å². The maximum Gasteiger partial charge on any atom is 0.307 e. The second-order valence-electron chi connectivity index (χ2n) is 10.6. The number of hydrogen-bond donors (Lipinski definition) is 2. The van der Waals surface area contributed by atoms with Gasteiger partial charge in [-0.1, -0.05) is 65.4 Å². The summed E-state index contributed by atoms with van der Waals surface area (Å²) in [4.78, 5) is 41.1. The number of halogens is 2. The number of nitrogens with one attached hydrogen (secondary N) is 1. The number of carbonyl (C=O) groups is 3. The molecular formula is C33H31Cl2N3O6S2. The maximum absolute atomic E-state index is 13.3. The third-order valence-electron chi connectivity index (χ3n) is 7.29. The molecule has 0 spiro atoms. The number of carboxylic acid groups (broad SMARTS) is 1. The van der Waals surface area contributed by atoms with Gasteiger partial charge in [0, 0.05) is 59.5 Å². The van der Waals surface area contributed by atoms with E-state index in [4.69, 9.17) is 50.0 Å². The third kappa shape index (κ3) is 9.09. The number of thiocarbonyl (C=S) groups is 1. The van der Waals surface area contributed by atoms with Crippen LogP contribution in [-0.2, 0) is 25.5 Å². The fourth-order valence-corrected chi connectivity index (χ4v) is 6.70. The lowest BCUT2D eigenvalue weighted by Gasteiger charge is -2.26. The van der Waals surface area contributed by atoms with Crippen LogP contribution in [0.4, 0.5) is 5.69 Å². The predicted octanol–water partition coefficient (Wildman–Crippen LogP) is 6.23. The minimum Gasteiger partial charge on any atom is -0.492 e. The molecule has 2 fully saturated rings. The average molecular weight is 701 g/mol. The number of rotatable bonds is 12. The summed E-state index contributed by atoms with van der Waals surface area (Å²) >= 11 is 19.6. The number of thioether (sulfide) groups is 1. The number of carbonyl (C=O) groups excluding carboxylic acids is 2. The number of nitrogens with zero attached hydrogens (tertiary/aromatic N) is 2. The summed E-state index contributed by atoms with van der Waals surface area (Å²) in [6, 6.07) is 17.5. The van der Waals surface area contributed by atoms with Crippen molar-refractivity contribution in [1.29, 1.82) is 0 Å². The molecule has 2 saturated heterocycles. The van der Waals surface area contributed by atoms with Crippen LogP contribution in [0.15, 0.2) is 65.6 Å². The molecule has 240 valence electrons. The van der Waals surface area contributed by atoms with E-state index in [0.29, 0.717) is 61.7 Å². The lowest BCUT2D eigenvalue weighted by molar-refractivity contribution is -0.136. The molecule has 9 nitrogen and oxygen atoms in total. The van der Waals surface area contributed by atoms with Gasteiger partial charge in [-0.3, -0.25) is 24.2 Å². The average Bonchev–Trinajstić information content (AvgIpc) is 3.29. The minimum atomic E-state index is -0.959. The van der Waals surface area contributed by atoms with Crippen LogP contribution in [0.3, 0.4) is 0 Å². The van der Waals surface area contributed by atoms with Crippen LogP contribution in [0.25, 0.3) is 17.2 Å². The van der Waals surface area contributed by atoms with Crippen molar-refractivity contribution in [2.75, 3.05) is 51.3 Å². The Morgan fingerprint density at radius 3 is 2.63 bits per heavy atom. The standard InChI is InChI=1S/C33H31Cl2N3O6S2/c34-23-5-6-27(35)25(20-23)26-17-22(4-7-28(26)44-15-12-37-10-13-43-14-11-37)18-29-32(42)38(33(45)46-29)9-8-30(39)36-24-3-1-2-21(16-24)19-31(40)41/h1-7,16-18,20H,8-15,19H2,(H,36,39)(H,40,41)/b29-18-. The highest BCUT2D eigenvalue weighted by Gasteiger charge is 2.32. The molecule has 0 radical (unpaired) electrons. The highest BCUT2D eigenvalue weighted by atomic mass is 35.5. The molecule has 13 heteroatoms. The van der Waals surface area contributed by atoms with Crippen molar-refractivity contribution in [3.63, 3.8) is 0 Å². The number of anilines is 1. The SMILES string of the molecule is O=C(O)Cc1cccc(NC(=O)CCN2C(=O)/C(=C/c3ccc(OCCN4CCOCC4)c(-c4cc(Cl)ccc4Cl)c3)SC2=S)c1. The van der Waals surface area contributed by atoms with Gasteiger partial charge in [0.05, 0.1) is 24.5 Å². The van der Waals surface area contributed by atoms with Crippen molar-refractivity contribution >= 4 is 81.0 Å². The lowest BCUT2D eigenvalue weighted by atomic mass is 10.0. The van der Waals surface area contributed by atoms with Crippen LogP contribution < -0.4 is 10.1 Å². The van der Waals surface area contributed by atoms with Gasteiger partial charge in [-0.2, -0.15) is 0 Å². The lowest BCUT2D eigenvalue weighted by Crippen LogP contribution is -2.38. The number of carboxylic acids is 1. The first kappa shape index (κ1) is 33.9. The molecule has 2 N–H and O–H groups in total. The molecule has 2 aliphatic heterocycles. The minimum absolute atomic E-state index is 0.0107. The summed E-state index contributed by atoms with van der Waals surface area (Å²) in [7, 11) is 0. The van der Waals surface area contributed by atoms with Gasteiger partial charge in [0.2, 0.25) is 5.91 Å². The molecule has 0 unspecified atom stereocenters. The van der Waals surface area contributed by atoms with Crippen LogP contribution in [0.5, 0.6) is 5.75 Å². The number of benzene rings is 3. The predicted molar refractivity (Wildman–Crippen MR) is 186 cm³/mol. The Hall–Kier alpha value is -3.45. The van der Waals surface area contributed by atoms with E-state index in [1.54, 1.807) is 48.5 Å². The van der Waals surface area contributed by atoms with E-state index in [-0.39, 0.29) is 31.2 Å². The summed E-state index contributed by atoms with van der Waals surface area (Å²) in [5.41, 5.74) is 3.24. The highest BCUT2D eigenvalue weighted by Crippen LogP contribution is 2.39. The monoisotopic (exact) mass is 699 g/mol. The molecular weight excluding hydrogens is 669 g/mol. The fourth-order valence-electron chi connectivity index (χ4n) is 5.00. The third-order valence-corrected chi connectivity index (χ3v) is 9.23. The molecule has 0 aromatic heterocycles. The first-order valence-electron chi connectivity index (χ1n) is 14.5. The molecule has 5 rings (SSSR count). The maximum atomic E-state index is 13.3. The van der Waals surface area contributed by atoms with E-state index >= 15 is 0 Å². The van der Waals surface area contributed by atoms with Gasteiger partial charge in [0.25, 0.3) is 5.91 Å². The van der Waals surface area contributed by atoms with Crippen LogP contribution in [0.1, 0.15) is 17.5 Å². The van der Waals surface area contributed by atoms with Gasteiger partial charge in [0.15, 0.2) is 0 Å². The Labute approximate surface area is 286 Å². The molecule has 2 heterocycles. The molecule has 3 aromatic carbocycles. The quantitative estimate of drug-likeness (QED) is 0.168. The second kappa shape index (κ2) is 15.9. The van der Waals surface area contributed by atoms with E-state index in [0.717, 1.165) is 30.8 Å². The topological polar surface area (TPSA) is 108 Å². The Morgan fingerprint density at radius 1 is 1.04 bits per heavy atom. The summed E-state index contributed by atoms with van der Waals surface area (Å²) in [6.45, 7) is 4.48. The highest BCUT2D eigenvalue weighted by molar-refractivity contribution is 8.26. The fraction of sp³-hybridized carbons (Fsp3) is 0.273. The van der Waals surface area contributed by atoms with Crippen LogP contribution in [-0.4, -0.2) is 83.0 Å². The zero-order valence-electron chi connectivity index (χ0n) is 24.7. The van der Waals surface area contributed by atoms with Gasteiger partial charge in [0.1, 0.15) is 16.7 Å². The molecule has 2 amide bonds. The summed E-state index contributed by atoms with van der Waals surface area (Å²) < 4.78 is 12.0. The zero-order chi connectivity index (χ0) is 32.6. The largest absolute Gasteiger partial charge is 0.492 e. The van der Waals surface area contributed by atoms with Gasteiger partial charge < -0.3 is 19.9 Å².